The highest BCUT2D eigenvalue weighted by molar-refractivity contribution is 6.05. The molecule has 0 saturated carbocycles. The fourth-order valence-electron chi connectivity index (χ4n) is 3.49. The minimum absolute atomic E-state index is 0.0317. The van der Waals surface area contributed by atoms with Crippen LogP contribution in [0.25, 0.3) is 0 Å². The monoisotopic (exact) mass is 519 g/mol. The van der Waals surface area contributed by atoms with Gasteiger partial charge in [-0.3, -0.25) is 4.79 Å². The number of para-hydroxylation sites is 1. The molecular weight excluding hydrogens is 494 g/mol. The number of nitrogens with one attached hydrogen (secondary N) is 1. The lowest BCUT2D eigenvalue weighted by Crippen LogP contribution is -2.48. The van der Waals surface area contributed by atoms with Crippen molar-refractivity contribution in [3.05, 3.63) is 101 Å². The highest BCUT2D eigenvalue weighted by Crippen LogP contribution is 2.20. The number of ether oxygens (including phenoxy) is 3. The molecule has 0 saturated heterocycles. The Morgan fingerprint density at radius 1 is 0.711 bits per heavy atom. The molecule has 0 aromatic heterocycles. The summed E-state index contributed by atoms with van der Waals surface area (Å²) in [5, 5.41) is 12.3. The van der Waals surface area contributed by atoms with Crippen molar-refractivity contribution >= 4 is 35.5 Å². The number of carbonyl (C=O) groups excluding carboxylic acids is 4. The highest BCUT2D eigenvalue weighted by Gasteiger charge is 2.41. The maximum Gasteiger partial charge on any atom is 0.349 e. The lowest BCUT2D eigenvalue weighted by atomic mass is 10.1. The van der Waals surface area contributed by atoms with Gasteiger partial charge >= 0.3 is 23.9 Å². The van der Waals surface area contributed by atoms with E-state index in [1.54, 1.807) is 38.1 Å². The second-order valence-corrected chi connectivity index (χ2v) is 8.26. The number of carboxylic acids is 1. The van der Waals surface area contributed by atoms with E-state index in [9.17, 15) is 29.1 Å². The number of carbonyl (C=O) groups is 5. The Labute approximate surface area is 218 Å². The number of methoxy groups -OCH3 is 1. The van der Waals surface area contributed by atoms with E-state index < -0.39 is 42.0 Å². The molecule has 3 aromatic carbocycles. The van der Waals surface area contributed by atoms with Gasteiger partial charge in [0.05, 0.1) is 29.5 Å². The highest BCUT2D eigenvalue weighted by atomic mass is 16.6. The van der Waals surface area contributed by atoms with Crippen molar-refractivity contribution in [3.8, 4) is 0 Å². The minimum atomic E-state index is -2.22. The van der Waals surface area contributed by atoms with E-state index in [0.717, 1.165) is 7.11 Å². The van der Waals surface area contributed by atoms with E-state index in [1.165, 1.54) is 48.5 Å². The fourth-order valence-corrected chi connectivity index (χ4v) is 3.49. The van der Waals surface area contributed by atoms with Gasteiger partial charge in [-0.25, -0.2) is 19.2 Å². The van der Waals surface area contributed by atoms with Gasteiger partial charge in [0.15, 0.2) is 0 Å². The van der Waals surface area contributed by atoms with Crippen molar-refractivity contribution in [1.29, 1.82) is 0 Å². The Morgan fingerprint density at radius 2 is 1.24 bits per heavy atom. The van der Waals surface area contributed by atoms with Crippen LogP contribution in [0, 0.1) is 13.8 Å². The zero-order valence-corrected chi connectivity index (χ0v) is 20.8. The molecule has 0 spiro atoms. The number of benzene rings is 3. The first-order valence-electron chi connectivity index (χ1n) is 11.4. The number of rotatable bonds is 9. The van der Waals surface area contributed by atoms with Crippen LogP contribution >= 0.6 is 0 Å². The molecule has 0 heterocycles. The van der Waals surface area contributed by atoms with Crippen LogP contribution in [-0.2, 0) is 23.8 Å². The molecule has 0 aliphatic rings. The van der Waals surface area contributed by atoms with Crippen molar-refractivity contribution in [3.63, 3.8) is 0 Å². The van der Waals surface area contributed by atoms with Crippen LogP contribution in [0.2, 0.25) is 0 Å². The molecule has 0 unspecified atom stereocenters. The first kappa shape index (κ1) is 27.6. The van der Waals surface area contributed by atoms with Crippen molar-refractivity contribution in [1.82, 2.24) is 0 Å². The summed E-state index contributed by atoms with van der Waals surface area (Å²) in [5.74, 6) is -5.71. The van der Waals surface area contributed by atoms with E-state index in [2.05, 4.69) is 5.32 Å². The summed E-state index contributed by atoms with van der Waals surface area (Å²) in [6.07, 6.45) is -4.35. The average Bonchev–Trinajstić information content (AvgIpc) is 2.90. The third-order valence-corrected chi connectivity index (χ3v) is 5.34. The zero-order chi connectivity index (χ0) is 27.8. The lowest BCUT2D eigenvalue weighted by molar-refractivity contribution is -0.157. The molecule has 0 radical (unpaired) electrons. The largest absolute Gasteiger partial charge is 0.478 e. The van der Waals surface area contributed by atoms with Gasteiger partial charge in [-0.1, -0.05) is 47.5 Å². The number of amides is 1. The summed E-state index contributed by atoms with van der Waals surface area (Å²) < 4.78 is 15.2. The Kier molecular flexibility index (Phi) is 8.94. The second kappa shape index (κ2) is 12.3. The van der Waals surface area contributed by atoms with Gasteiger partial charge in [0.25, 0.3) is 5.91 Å². The molecule has 196 valence electrons. The van der Waals surface area contributed by atoms with E-state index in [4.69, 9.17) is 14.2 Å². The van der Waals surface area contributed by atoms with E-state index in [0.29, 0.717) is 11.1 Å². The first-order valence-corrected chi connectivity index (χ1v) is 11.4. The van der Waals surface area contributed by atoms with Crippen LogP contribution in [0.1, 0.15) is 42.2 Å². The maximum atomic E-state index is 13.3. The third-order valence-electron chi connectivity index (χ3n) is 5.34. The Balaban J connectivity index is 1.97. The number of aliphatic carboxylic acids is 1. The van der Waals surface area contributed by atoms with Gasteiger partial charge < -0.3 is 24.6 Å². The standard InChI is InChI=1S/C28H25NO9/c1-16-8-6-10-18(14-16)26(33)37-22(24(30)29-21-13-5-4-12-20(21)28(35)36-3)23(25(31)32)38-27(34)19-11-7-9-17(2)15-19/h4-15,22-23H,1-3H3,(H,29,30)(H,31,32)/t22-,23+/m0/s1. The van der Waals surface area contributed by atoms with Gasteiger partial charge in [-0.2, -0.15) is 0 Å². The summed E-state index contributed by atoms with van der Waals surface area (Å²) in [5.41, 5.74) is 1.45. The van der Waals surface area contributed by atoms with Crippen LogP contribution in [-0.4, -0.2) is 54.2 Å². The molecule has 10 heteroatoms. The normalized spacial score (nSPS) is 12.0. The van der Waals surface area contributed by atoms with Gasteiger partial charge in [0, 0.05) is 0 Å². The summed E-state index contributed by atoms with van der Waals surface area (Å²) in [6, 6.07) is 18.2. The quantitative estimate of drug-likeness (QED) is 0.320. The fraction of sp³-hybridized carbons (Fsp3) is 0.179. The molecule has 2 atom stereocenters. The molecule has 3 rings (SSSR count). The smallest absolute Gasteiger partial charge is 0.349 e. The van der Waals surface area contributed by atoms with E-state index >= 15 is 0 Å². The summed E-state index contributed by atoms with van der Waals surface area (Å²) >= 11 is 0. The molecule has 1 amide bonds. The SMILES string of the molecule is COC(=O)c1ccccc1NC(=O)[C@@H](OC(=O)c1cccc(C)c1)[C@@H](OC(=O)c1cccc(C)c1)C(=O)O. The first-order chi connectivity index (χ1) is 18.1. The lowest BCUT2D eigenvalue weighted by Gasteiger charge is -2.24. The Hall–Kier alpha value is -4.99. The molecule has 3 aromatic rings. The van der Waals surface area contributed by atoms with Crippen molar-refractivity contribution in [2.45, 2.75) is 26.1 Å². The molecule has 10 nitrogen and oxygen atoms in total. The van der Waals surface area contributed by atoms with Crippen molar-refractivity contribution < 1.29 is 43.3 Å². The van der Waals surface area contributed by atoms with Crippen LogP contribution in [0.4, 0.5) is 5.69 Å². The molecule has 38 heavy (non-hydrogen) atoms. The topological polar surface area (TPSA) is 145 Å². The van der Waals surface area contributed by atoms with Gasteiger partial charge in [0.2, 0.25) is 12.2 Å². The van der Waals surface area contributed by atoms with Gasteiger partial charge in [0.1, 0.15) is 0 Å². The predicted octanol–water partition coefficient (Wildman–Crippen LogP) is 3.56. The summed E-state index contributed by atoms with van der Waals surface area (Å²) in [7, 11) is 1.15. The minimum Gasteiger partial charge on any atom is -0.478 e. The molecule has 0 aliphatic heterocycles. The number of carboxylic acid groups (broad SMARTS) is 1. The Bertz CT molecular complexity index is 1380. The Morgan fingerprint density at radius 3 is 1.74 bits per heavy atom. The average molecular weight is 520 g/mol. The summed E-state index contributed by atoms with van der Waals surface area (Å²) in [4.78, 5) is 63.3. The number of aryl methyl sites for hydroxylation is 2. The van der Waals surface area contributed by atoms with Crippen molar-refractivity contribution in [2.75, 3.05) is 12.4 Å². The van der Waals surface area contributed by atoms with E-state index in [-0.39, 0.29) is 22.4 Å². The zero-order valence-electron chi connectivity index (χ0n) is 20.8. The number of hydrogen-bond donors (Lipinski definition) is 2. The van der Waals surface area contributed by atoms with Crippen LogP contribution in [0.3, 0.4) is 0 Å². The summed E-state index contributed by atoms with van der Waals surface area (Å²) in [6.45, 7) is 3.46. The van der Waals surface area contributed by atoms with Crippen LogP contribution in [0.5, 0.6) is 0 Å². The number of anilines is 1. The molecule has 0 fully saturated rings. The molecular formula is C28H25NO9. The van der Waals surface area contributed by atoms with Crippen molar-refractivity contribution in [2.24, 2.45) is 0 Å². The van der Waals surface area contributed by atoms with Gasteiger partial charge in [-0.05, 0) is 50.2 Å². The number of esters is 3. The third kappa shape index (κ3) is 6.82. The number of hydrogen-bond acceptors (Lipinski definition) is 8. The second-order valence-electron chi connectivity index (χ2n) is 8.26. The molecule has 0 aliphatic carbocycles. The van der Waals surface area contributed by atoms with Crippen LogP contribution in [0.15, 0.2) is 72.8 Å². The van der Waals surface area contributed by atoms with Gasteiger partial charge in [-0.15, -0.1) is 0 Å². The van der Waals surface area contributed by atoms with E-state index in [1.807, 2.05) is 0 Å². The maximum absolute atomic E-state index is 13.3. The molecule has 0 bridgehead atoms. The molecule has 2 N–H and O–H groups in total. The van der Waals surface area contributed by atoms with Crippen LogP contribution < -0.4 is 5.32 Å². The predicted molar refractivity (Wildman–Crippen MR) is 135 cm³/mol.